The number of halogens is 1. The molecule has 1 aromatic rings. The molecule has 1 saturated heterocycles. The second-order valence-electron chi connectivity index (χ2n) is 4.66. The smallest absolute Gasteiger partial charge is 0.123 e. The van der Waals surface area contributed by atoms with Crippen molar-refractivity contribution in [3.05, 3.63) is 35.1 Å². The van der Waals surface area contributed by atoms with E-state index in [0.29, 0.717) is 5.41 Å². The highest BCUT2D eigenvalue weighted by molar-refractivity contribution is 5.28. The van der Waals surface area contributed by atoms with Crippen LogP contribution in [0, 0.1) is 18.2 Å². The van der Waals surface area contributed by atoms with Gasteiger partial charge in [0.25, 0.3) is 0 Å². The molecule has 0 aromatic heterocycles. The Morgan fingerprint density at radius 2 is 2.14 bits per heavy atom. The van der Waals surface area contributed by atoms with Gasteiger partial charge in [0.15, 0.2) is 0 Å². The summed E-state index contributed by atoms with van der Waals surface area (Å²) in [4.78, 5) is 0. The van der Waals surface area contributed by atoms with Gasteiger partial charge in [-0.25, -0.2) is 4.39 Å². The number of nitrogens with one attached hydrogen (secondary N) is 1. The first kappa shape index (κ1) is 9.66. The molecule has 1 fully saturated rings. The first-order valence-corrected chi connectivity index (χ1v) is 5.05. The van der Waals surface area contributed by atoms with Crippen molar-refractivity contribution in [3.63, 3.8) is 0 Å². The molecule has 76 valence electrons. The van der Waals surface area contributed by atoms with Crippen LogP contribution in [0.3, 0.4) is 0 Å². The summed E-state index contributed by atoms with van der Waals surface area (Å²) in [5, 5.41) is 3.26. The average molecular weight is 193 g/mol. The van der Waals surface area contributed by atoms with Crippen molar-refractivity contribution in [1.82, 2.24) is 5.32 Å². The third-order valence-corrected chi connectivity index (χ3v) is 3.03. The van der Waals surface area contributed by atoms with Crippen LogP contribution in [0.2, 0.25) is 0 Å². The van der Waals surface area contributed by atoms with Crippen molar-refractivity contribution in [3.8, 4) is 0 Å². The van der Waals surface area contributed by atoms with E-state index in [2.05, 4.69) is 12.2 Å². The van der Waals surface area contributed by atoms with Crippen LogP contribution in [0.4, 0.5) is 4.39 Å². The van der Waals surface area contributed by atoms with E-state index in [1.807, 2.05) is 13.0 Å². The molecule has 2 heteroatoms. The van der Waals surface area contributed by atoms with Crippen LogP contribution < -0.4 is 5.32 Å². The molecule has 0 spiro atoms. The molecule has 0 aliphatic carbocycles. The van der Waals surface area contributed by atoms with Gasteiger partial charge in [-0.15, -0.1) is 0 Å². The maximum absolute atomic E-state index is 13.0. The third-order valence-electron chi connectivity index (χ3n) is 3.03. The number of aryl methyl sites for hydroxylation is 1. The molecule has 1 aromatic carbocycles. The van der Waals surface area contributed by atoms with E-state index in [0.717, 1.165) is 25.1 Å². The lowest BCUT2D eigenvalue weighted by Crippen LogP contribution is -2.52. The maximum atomic E-state index is 13.0. The number of benzene rings is 1. The highest BCUT2D eigenvalue weighted by Gasteiger charge is 2.31. The molecule has 1 N–H and O–H groups in total. The van der Waals surface area contributed by atoms with E-state index in [4.69, 9.17) is 0 Å². The van der Waals surface area contributed by atoms with Gasteiger partial charge >= 0.3 is 0 Å². The highest BCUT2D eigenvalue weighted by Crippen LogP contribution is 2.28. The van der Waals surface area contributed by atoms with Crippen molar-refractivity contribution in [1.29, 1.82) is 0 Å². The van der Waals surface area contributed by atoms with Gasteiger partial charge in [0.05, 0.1) is 0 Å². The Balaban J connectivity index is 2.19. The minimum atomic E-state index is -0.124. The number of hydrogen-bond donors (Lipinski definition) is 1. The number of rotatable bonds is 2. The molecule has 1 heterocycles. The van der Waals surface area contributed by atoms with Gasteiger partial charge in [-0.2, -0.15) is 0 Å². The fourth-order valence-corrected chi connectivity index (χ4v) is 1.97. The van der Waals surface area contributed by atoms with Crippen LogP contribution in [0.5, 0.6) is 0 Å². The fraction of sp³-hybridized carbons (Fsp3) is 0.500. The Morgan fingerprint density at radius 1 is 1.43 bits per heavy atom. The normalized spacial score (nSPS) is 19.1. The minimum absolute atomic E-state index is 0.124. The van der Waals surface area contributed by atoms with E-state index >= 15 is 0 Å². The molecule has 1 aliphatic rings. The molecule has 0 unspecified atom stereocenters. The summed E-state index contributed by atoms with van der Waals surface area (Å²) < 4.78 is 13.0. The SMILES string of the molecule is Cc1ccc(F)cc1CC1(C)CNC1. The second-order valence-corrected chi connectivity index (χ2v) is 4.66. The zero-order chi connectivity index (χ0) is 10.2. The zero-order valence-electron chi connectivity index (χ0n) is 8.73. The van der Waals surface area contributed by atoms with Crippen molar-refractivity contribution in [2.45, 2.75) is 20.3 Å². The lowest BCUT2D eigenvalue weighted by Gasteiger charge is -2.39. The van der Waals surface area contributed by atoms with Crippen LogP contribution in [0.25, 0.3) is 0 Å². The Bertz CT molecular complexity index is 342. The van der Waals surface area contributed by atoms with Crippen LogP contribution in [0.1, 0.15) is 18.1 Å². The predicted molar refractivity (Wildman–Crippen MR) is 55.8 cm³/mol. The topological polar surface area (TPSA) is 12.0 Å². The van der Waals surface area contributed by atoms with Gasteiger partial charge in [-0.05, 0) is 42.0 Å². The Kier molecular flexibility index (Phi) is 2.31. The van der Waals surface area contributed by atoms with E-state index in [-0.39, 0.29) is 5.82 Å². The first-order valence-electron chi connectivity index (χ1n) is 5.05. The minimum Gasteiger partial charge on any atom is -0.316 e. The van der Waals surface area contributed by atoms with Crippen molar-refractivity contribution in [2.75, 3.05) is 13.1 Å². The molecule has 0 saturated carbocycles. The summed E-state index contributed by atoms with van der Waals surface area (Å²) >= 11 is 0. The molecular weight excluding hydrogens is 177 g/mol. The standard InChI is InChI=1S/C12H16FN/c1-9-3-4-11(13)5-10(9)6-12(2)7-14-8-12/h3-5,14H,6-8H2,1-2H3. The predicted octanol–water partition coefficient (Wildman–Crippen LogP) is 2.29. The average Bonchev–Trinajstić information content (AvgIpc) is 2.09. The van der Waals surface area contributed by atoms with Gasteiger partial charge in [0, 0.05) is 13.1 Å². The molecule has 0 amide bonds. The summed E-state index contributed by atoms with van der Waals surface area (Å²) in [5.74, 6) is -0.124. The van der Waals surface area contributed by atoms with Gasteiger partial charge in [0.2, 0.25) is 0 Å². The second kappa shape index (κ2) is 3.35. The molecule has 14 heavy (non-hydrogen) atoms. The van der Waals surface area contributed by atoms with Crippen molar-refractivity contribution < 1.29 is 4.39 Å². The van der Waals surface area contributed by atoms with Gasteiger partial charge in [0.1, 0.15) is 5.82 Å². The monoisotopic (exact) mass is 193 g/mol. The van der Waals surface area contributed by atoms with Crippen LogP contribution in [0.15, 0.2) is 18.2 Å². The van der Waals surface area contributed by atoms with E-state index in [9.17, 15) is 4.39 Å². The zero-order valence-corrected chi connectivity index (χ0v) is 8.73. The van der Waals surface area contributed by atoms with E-state index in [1.165, 1.54) is 11.6 Å². The summed E-state index contributed by atoms with van der Waals surface area (Å²) in [5.41, 5.74) is 2.67. The van der Waals surface area contributed by atoms with E-state index in [1.54, 1.807) is 6.07 Å². The van der Waals surface area contributed by atoms with Gasteiger partial charge < -0.3 is 5.32 Å². The van der Waals surface area contributed by atoms with Crippen molar-refractivity contribution in [2.24, 2.45) is 5.41 Å². The van der Waals surface area contributed by atoms with Gasteiger partial charge in [-0.1, -0.05) is 13.0 Å². The summed E-state index contributed by atoms with van der Waals surface area (Å²) in [6.07, 6.45) is 0.976. The third kappa shape index (κ3) is 1.80. The summed E-state index contributed by atoms with van der Waals surface area (Å²) in [7, 11) is 0. The van der Waals surface area contributed by atoms with Crippen LogP contribution >= 0.6 is 0 Å². The Morgan fingerprint density at radius 3 is 2.71 bits per heavy atom. The Labute approximate surface area is 84.3 Å². The maximum Gasteiger partial charge on any atom is 0.123 e. The molecule has 1 nitrogen and oxygen atoms in total. The lowest BCUT2D eigenvalue weighted by atomic mass is 9.77. The largest absolute Gasteiger partial charge is 0.316 e. The highest BCUT2D eigenvalue weighted by atomic mass is 19.1. The first-order chi connectivity index (χ1) is 6.59. The molecule has 0 radical (unpaired) electrons. The van der Waals surface area contributed by atoms with E-state index < -0.39 is 0 Å². The fourth-order valence-electron chi connectivity index (χ4n) is 1.97. The van der Waals surface area contributed by atoms with Crippen molar-refractivity contribution >= 4 is 0 Å². The quantitative estimate of drug-likeness (QED) is 0.760. The summed E-state index contributed by atoms with van der Waals surface area (Å²) in [6, 6.07) is 5.05. The summed E-state index contributed by atoms with van der Waals surface area (Å²) in [6.45, 7) is 6.38. The van der Waals surface area contributed by atoms with Crippen LogP contribution in [-0.4, -0.2) is 13.1 Å². The molecule has 2 rings (SSSR count). The number of hydrogen-bond acceptors (Lipinski definition) is 1. The van der Waals surface area contributed by atoms with Gasteiger partial charge in [-0.3, -0.25) is 0 Å². The van der Waals surface area contributed by atoms with Crippen LogP contribution in [-0.2, 0) is 6.42 Å². The molecule has 0 bridgehead atoms. The molecular formula is C12H16FN. The lowest BCUT2D eigenvalue weighted by molar-refractivity contribution is 0.195. The Hall–Kier alpha value is -0.890. The molecule has 1 aliphatic heterocycles. The molecule has 0 atom stereocenters.